The summed E-state index contributed by atoms with van der Waals surface area (Å²) >= 11 is 0. The van der Waals surface area contributed by atoms with Gasteiger partial charge in [-0.1, -0.05) is 54.6 Å². The summed E-state index contributed by atoms with van der Waals surface area (Å²) in [6.45, 7) is 3.35. The van der Waals surface area contributed by atoms with Crippen LogP contribution < -0.4 is 4.74 Å². The summed E-state index contributed by atoms with van der Waals surface area (Å²) in [6, 6.07) is 19.4. The lowest BCUT2D eigenvalue weighted by Gasteiger charge is -2.30. The van der Waals surface area contributed by atoms with E-state index < -0.39 is 29.6 Å². The van der Waals surface area contributed by atoms with Crippen LogP contribution in [0.5, 0.6) is 5.75 Å². The van der Waals surface area contributed by atoms with E-state index in [1.54, 1.807) is 50.2 Å². The fraction of sp³-hybridized carbons (Fsp3) is 0.276. The van der Waals surface area contributed by atoms with E-state index in [9.17, 15) is 14.4 Å². The summed E-state index contributed by atoms with van der Waals surface area (Å²) in [5.41, 5.74) is -1.63. The topological polar surface area (TPSA) is 97.4 Å². The summed E-state index contributed by atoms with van der Waals surface area (Å²) in [4.78, 5) is 40.8. The van der Waals surface area contributed by atoms with Crippen LogP contribution in [0.15, 0.2) is 77.9 Å². The van der Waals surface area contributed by atoms with Crippen LogP contribution in [-0.2, 0) is 38.9 Å². The van der Waals surface area contributed by atoms with Crippen LogP contribution in [0.2, 0.25) is 0 Å². The van der Waals surface area contributed by atoms with Crippen molar-refractivity contribution >= 4 is 28.7 Å². The first-order valence-electron chi connectivity index (χ1n) is 11.9. The van der Waals surface area contributed by atoms with Crippen LogP contribution in [-0.4, -0.2) is 45.3 Å². The standard InChI is InChI=1S/C29H28O8/c1-5-35-26(30)23-24(27(31)36-6-2)29(28(32)34-4,22-13-9-11-18-10-7-8-12-21(18)22)37-25(23)19-14-16-20(33-3)17-15-19/h7-17,25H,5-6H2,1-4H3/t25-,29+/m0/s1. The van der Waals surface area contributed by atoms with Crippen molar-refractivity contribution < 1.29 is 38.1 Å². The second-order valence-corrected chi connectivity index (χ2v) is 8.20. The van der Waals surface area contributed by atoms with Crippen molar-refractivity contribution in [3.05, 3.63) is 89.0 Å². The Morgan fingerprint density at radius 1 is 0.838 bits per heavy atom. The molecule has 0 fully saturated rings. The molecule has 0 aliphatic carbocycles. The van der Waals surface area contributed by atoms with E-state index >= 15 is 0 Å². The van der Waals surface area contributed by atoms with Gasteiger partial charge in [-0.3, -0.25) is 0 Å². The van der Waals surface area contributed by atoms with Gasteiger partial charge in [-0.15, -0.1) is 0 Å². The van der Waals surface area contributed by atoms with Gasteiger partial charge in [0.15, 0.2) is 0 Å². The minimum absolute atomic E-state index is 0.0123. The van der Waals surface area contributed by atoms with E-state index in [0.29, 0.717) is 22.3 Å². The first-order chi connectivity index (χ1) is 17.9. The van der Waals surface area contributed by atoms with E-state index in [-0.39, 0.29) is 24.4 Å². The minimum atomic E-state index is -2.10. The maximum atomic E-state index is 13.7. The highest BCUT2D eigenvalue weighted by Gasteiger charge is 2.60. The van der Waals surface area contributed by atoms with E-state index in [1.807, 2.05) is 30.3 Å². The largest absolute Gasteiger partial charge is 0.497 e. The van der Waals surface area contributed by atoms with E-state index in [4.69, 9.17) is 23.7 Å². The molecule has 1 aliphatic heterocycles. The van der Waals surface area contributed by atoms with E-state index in [2.05, 4.69) is 0 Å². The Kier molecular flexibility index (Phi) is 7.59. The number of carbonyl (C=O) groups is 3. The van der Waals surface area contributed by atoms with Crippen molar-refractivity contribution in [1.82, 2.24) is 0 Å². The van der Waals surface area contributed by atoms with Crippen molar-refractivity contribution in [3.8, 4) is 5.75 Å². The molecule has 0 N–H and O–H groups in total. The van der Waals surface area contributed by atoms with Crippen LogP contribution >= 0.6 is 0 Å². The summed E-state index contributed by atoms with van der Waals surface area (Å²) in [7, 11) is 2.73. The lowest BCUT2D eigenvalue weighted by atomic mass is 9.81. The smallest absolute Gasteiger partial charge is 0.347 e. The molecule has 1 aliphatic rings. The fourth-order valence-electron chi connectivity index (χ4n) is 4.64. The van der Waals surface area contributed by atoms with Crippen molar-refractivity contribution in [2.24, 2.45) is 0 Å². The first-order valence-corrected chi connectivity index (χ1v) is 11.9. The number of hydrogen-bond acceptors (Lipinski definition) is 8. The molecule has 2 atom stereocenters. The summed E-state index contributed by atoms with van der Waals surface area (Å²) < 4.78 is 27.7. The molecule has 0 aromatic heterocycles. The Labute approximate surface area is 214 Å². The van der Waals surface area contributed by atoms with Gasteiger partial charge in [0.25, 0.3) is 0 Å². The van der Waals surface area contributed by atoms with Crippen molar-refractivity contribution in [2.45, 2.75) is 25.6 Å². The molecule has 0 unspecified atom stereocenters. The number of hydrogen-bond donors (Lipinski definition) is 0. The molecule has 8 nitrogen and oxygen atoms in total. The number of esters is 3. The third kappa shape index (κ3) is 4.44. The molecule has 0 bridgehead atoms. The van der Waals surface area contributed by atoms with Gasteiger partial charge in [0.05, 0.1) is 38.6 Å². The van der Waals surface area contributed by atoms with Crippen LogP contribution in [0.4, 0.5) is 0 Å². The van der Waals surface area contributed by atoms with Crippen LogP contribution in [0, 0.1) is 0 Å². The Hall–Kier alpha value is -4.17. The van der Waals surface area contributed by atoms with Crippen LogP contribution in [0.1, 0.15) is 31.1 Å². The number of methoxy groups -OCH3 is 2. The normalized spacial score (nSPS) is 19.0. The zero-order valence-electron chi connectivity index (χ0n) is 21.1. The molecule has 192 valence electrons. The molecule has 0 radical (unpaired) electrons. The number of ether oxygens (including phenoxy) is 5. The summed E-state index contributed by atoms with van der Waals surface area (Å²) in [6.07, 6.45) is -1.14. The molecule has 0 spiro atoms. The molecule has 0 saturated carbocycles. The van der Waals surface area contributed by atoms with Crippen molar-refractivity contribution in [3.63, 3.8) is 0 Å². The average molecular weight is 505 g/mol. The fourth-order valence-corrected chi connectivity index (χ4v) is 4.64. The summed E-state index contributed by atoms with van der Waals surface area (Å²) in [5.74, 6) is -1.95. The second kappa shape index (κ2) is 10.8. The van der Waals surface area contributed by atoms with E-state index in [1.165, 1.54) is 14.2 Å². The molecule has 3 aromatic rings. The highest BCUT2D eigenvalue weighted by atomic mass is 16.6. The van der Waals surface area contributed by atoms with Gasteiger partial charge >= 0.3 is 17.9 Å². The number of fused-ring (bicyclic) bond motifs is 1. The maximum Gasteiger partial charge on any atom is 0.347 e. The molecule has 37 heavy (non-hydrogen) atoms. The van der Waals surface area contributed by atoms with Gasteiger partial charge < -0.3 is 23.7 Å². The van der Waals surface area contributed by atoms with Crippen LogP contribution in [0.3, 0.4) is 0 Å². The second-order valence-electron chi connectivity index (χ2n) is 8.20. The zero-order chi connectivity index (χ0) is 26.6. The van der Waals surface area contributed by atoms with Gasteiger partial charge in [0, 0.05) is 5.56 Å². The quantitative estimate of drug-likeness (QED) is 0.329. The lowest BCUT2D eigenvalue weighted by molar-refractivity contribution is -0.170. The Balaban J connectivity index is 2.10. The molecule has 8 heteroatoms. The zero-order valence-corrected chi connectivity index (χ0v) is 21.1. The number of benzene rings is 3. The number of carbonyl (C=O) groups excluding carboxylic acids is 3. The molecule has 3 aromatic carbocycles. The molecule has 4 rings (SSSR count). The Morgan fingerprint density at radius 2 is 1.49 bits per heavy atom. The predicted octanol–water partition coefficient (Wildman–Crippen LogP) is 4.41. The third-order valence-electron chi connectivity index (χ3n) is 6.21. The monoisotopic (exact) mass is 504 g/mol. The molecular weight excluding hydrogens is 476 g/mol. The van der Waals surface area contributed by atoms with Gasteiger partial charge in [0.2, 0.25) is 5.60 Å². The SMILES string of the molecule is CCOC(=O)C1=C(C(=O)OCC)[C@@](C(=O)OC)(c2cccc3ccccc23)O[C@H]1c1ccc(OC)cc1. The Morgan fingerprint density at radius 3 is 2.14 bits per heavy atom. The lowest BCUT2D eigenvalue weighted by Crippen LogP contribution is -2.42. The highest BCUT2D eigenvalue weighted by Crippen LogP contribution is 2.52. The van der Waals surface area contributed by atoms with Crippen molar-refractivity contribution in [2.75, 3.05) is 27.4 Å². The molecule has 1 heterocycles. The Bertz CT molecular complexity index is 1350. The van der Waals surface area contributed by atoms with E-state index in [0.717, 1.165) is 5.39 Å². The van der Waals surface area contributed by atoms with Crippen LogP contribution in [0.25, 0.3) is 10.8 Å². The molecule has 0 saturated heterocycles. The maximum absolute atomic E-state index is 13.7. The highest BCUT2D eigenvalue weighted by molar-refractivity contribution is 6.11. The minimum Gasteiger partial charge on any atom is -0.497 e. The first kappa shape index (κ1) is 25.9. The summed E-state index contributed by atoms with van der Waals surface area (Å²) in [5, 5.41) is 1.46. The van der Waals surface area contributed by atoms with Gasteiger partial charge in [-0.25, -0.2) is 14.4 Å². The van der Waals surface area contributed by atoms with Gasteiger partial charge in [-0.2, -0.15) is 0 Å². The third-order valence-corrected chi connectivity index (χ3v) is 6.21. The molecular formula is C29H28O8. The average Bonchev–Trinajstić information content (AvgIpc) is 3.30. The predicted molar refractivity (Wildman–Crippen MR) is 135 cm³/mol. The van der Waals surface area contributed by atoms with Gasteiger partial charge in [0.1, 0.15) is 11.9 Å². The van der Waals surface area contributed by atoms with Gasteiger partial charge in [-0.05, 0) is 42.3 Å². The van der Waals surface area contributed by atoms with Crippen molar-refractivity contribution in [1.29, 1.82) is 0 Å². The molecule has 0 amide bonds. The number of rotatable bonds is 8.